The average molecular weight is 283 g/mol. The van der Waals surface area contributed by atoms with Crippen molar-refractivity contribution in [2.75, 3.05) is 6.61 Å². The summed E-state index contributed by atoms with van der Waals surface area (Å²) in [6.07, 6.45) is 1.57. The van der Waals surface area contributed by atoms with Gasteiger partial charge in [-0.3, -0.25) is 0 Å². The summed E-state index contributed by atoms with van der Waals surface area (Å²) in [7, 11) is 0. The van der Waals surface area contributed by atoms with E-state index in [1.807, 2.05) is 48.5 Å². The summed E-state index contributed by atoms with van der Waals surface area (Å²) < 4.78 is 11.3. The molecule has 0 saturated carbocycles. The van der Waals surface area contributed by atoms with Gasteiger partial charge in [0.25, 0.3) is 0 Å². The fraction of sp³-hybridized carbons (Fsp3) is 0.235. The summed E-state index contributed by atoms with van der Waals surface area (Å²) in [6, 6.07) is 15.3. The molecule has 0 spiro atoms. The van der Waals surface area contributed by atoms with Crippen molar-refractivity contribution in [2.45, 2.75) is 19.4 Å². The van der Waals surface area contributed by atoms with Gasteiger partial charge in [-0.05, 0) is 36.2 Å². The molecule has 1 aromatic heterocycles. The molecule has 0 bridgehead atoms. The SMILES string of the molecule is OCc1ccc2oc(CCCOc3ccccc3)nc2c1. The number of rotatable bonds is 6. The minimum atomic E-state index is 0.0169. The van der Waals surface area contributed by atoms with Gasteiger partial charge < -0.3 is 14.3 Å². The Hall–Kier alpha value is -2.33. The molecule has 4 heteroatoms. The molecule has 0 saturated heterocycles. The van der Waals surface area contributed by atoms with Gasteiger partial charge in [-0.1, -0.05) is 24.3 Å². The third-order valence-electron chi connectivity index (χ3n) is 3.23. The number of aliphatic hydroxyl groups is 1. The molecule has 0 aliphatic rings. The van der Waals surface area contributed by atoms with Crippen LogP contribution in [0.4, 0.5) is 0 Å². The van der Waals surface area contributed by atoms with E-state index < -0.39 is 0 Å². The van der Waals surface area contributed by atoms with Crippen LogP contribution in [0.2, 0.25) is 0 Å². The zero-order valence-electron chi connectivity index (χ0n) is 11.7. The predicted octanol–water partition coefficient (Wildman–Crippen LogP) is 3.33. The summed E-state index contributed by atoms with van der Waals surface area (Å²) >= 11 is 0. The quantitative estimate of drug-likeness (QED) is 0.705. The maximum absolute atomic E-state index is 9.11. The van der Waals surface area contributed by atoms with E-state index in [0.29, 0.717) is 12.5 Å². The smallest absolute Gasteiger partial charge is 0.195 e. The number of aliphatic hydroxyl groups excluding tert-OH is 1. The maximum atomic E-state index is 9.11. The monoisotopic (exact) mass is 283 g/mol. The minimum absolute atomic E-state index is 0.0169. The molecule has 0 fully saturated rings. The van der Waals surface area contributed by atoms with Crippen LogP contribution < -0.4 is 4.74 Å². The van der Waals surface area contributed by atoms with Crippen LogP contribution in [0.5, 0.6) is 5.75 Å². The molecule has 0 aliphatic carbocycles. The lowest BCUT2D eigenvalue weighted by molar-refractivity contribution is 0.282. The van der Waals surface area contributed by atoms with Crippen molar-refractivity contribution in [3.63, 3.8) is 0 Å². The third-order valence-corrected chi connectivity index (χ3v) is 3.23. The number of benzene rings is 2. The average Bonchev–Trinajstić information content (AvgIpc) is 2.94. The van der Waals surface area contributed by atoms with Crippen molar-refractivity contribution in [1.82, 2.24) is 4.98 Å². The molecule has 0 radical (unpaired) electrons. The zero-order chi connectivity index (χ0) is 14.5. The van der Waals surface area contributed by atoms with E-state index in [1.165, 1.54) is 0 Å². The summed E-state index contributed by atoms with van der Waals surface area (Å²) in [4.78, 5) is 4.43. The molecular formula is C17H17NO3. The number of ether oxygens (including phenoxy) is 1. The Balaban J connectivity index is 1.55. The molecule has 1 heterocycles. The largest absolute Gasteiger partial charge is 0.494 e. The highest BCUT2D eigenvalue weighted by molar-refractivity contribution is 5.73. The lowest BCUT2D eigenvalue weighted by atomic mass is 10.2. The summed E-state index contributed by atoms with van der Waals surface area (Å²) in [6.45, 7) is 0.647. The molecule has 3 rings (SSSR count). The normalized spacial score (nSPS) is 10.9. The molecule has 2 aromatic carbocycles. The number of oxazole rings is 1. The van der Waals surface area contributed by atoms with E-state index >= 15 is 0 Å². The molecule has 0 atom stereocenters. The van der Waals surface area contributed by atoms with E-state index in [1.54, 1.807) is 0 Å². The number of nitrogens with zero attached hydrogens (tertiary/aromatic N) is 1. The lowest BCUT2D eigenvalue weighted by Crippen LogP contribution is -1.99. The minimum Gasteiger partial charge on any atom is -0.494 e. The topological polar surface area (TPSA) is 55.5 Å². The van der Waals surface area contributed by atoms with Crippen LogP contribution in [0.1, 0.15) is 17.9 Å². The first-order chi connectivity index (χ1) is 10.3. The number of aromatic nitrogens is 1. The first kappa shape index (κ1) is 13.6. The molecule has 1 N–H and O–H groups in total. The summed E-state index contributed by atoms with van der Waals surface area (Å²) in [5, 5.41) is 9.11. The van der Waals surface area contributed by atoms with Crippen molar-refractivity contribution in [3.05, 3.63) is 60.0 Å². The van der Waals surface area contributed by atoms with Gasteiger partial charge in [0.05, 0.1) is 13.2 Å². The highest BCUT2D eigenvalue weighted by atomic mass is 16.5. The fourth-order valence-electron chi connectivity index (χ4n) is 2.16. The highest BCUT2D eigenvalue weighted by Crippen LogP contribution is 2.18. The Kier molecular flexibility index (Phi) is 4.17. The Bertz CT molecular complexity index is 706. The van der Waals surface area contributed by atoms with Gasteiger partial charge >= 0.3 is 0 Å². The van der Waals surface area contributed by atoms with E-state index in [0.717, 1.165) is 35.3 Å². The van der Waals surface area contributed by atoms with Gasteiger partial charge in [-0.15, -0.1) is 0 Å². The lowest BCUT2D eigenvalue weighted by Gasteiger charge is -2.03. The van der Waals surface area contributed by atoms with Crippen LogP contribution in [0, 0.1) is 0 Å². The second-order valence-corrected chi connectivity index (χ2v) is 4.83. The van der Waals surface area contributed by atoms with Crippen molar-refractivity contribution in [2.24, 2.45) is 0 Å². The van der Waals surface area contributed by atoms with E-state index in [4.69, 9.17) is 14.3 Å². The number of para-hydroxylation sites is 1. The Labute approximate surface area is 123 Å². The van der Waals surface area contributed by atoms with Crippen molar-refractivity contribution in [1.29, 1.82) is 0 Å². The first-order valence-electron chi connectivity index (χ1n) is 7.02. The molecule has 4 nitrogen and oxygen atoms in total. The fourth-order valence-corrected chi connectivity index (χ4v) is 2.16. The van der Waals surface area contributed by atoms with Crippen LogP contribution >= 0.6 is 0 Å². The van der Waals surface area contributed by atoms with Gasteiger partial charge in [0.2, 0.25) is 0 Å². The number of hydrogen-bond donors (Lipinski definition) is 1. The maximum Gasteiger partial charge on any atom is 0.195 e. The van der Waals surface area contributed by atoms with Gasteiger partial charge in [-0.2, -0.15) is 0 Å². The Morgan fingerprint density at radius 3 is 2.76 bits per heavy atom. The number of aryl methyl sites for hydroxylation is 1. The second-order valence-electron chi connectivity index (χ2n) is 4.83. The Morgan fingerprint density at radius 1 is 1.10 bits per heavy atom. The number of fused-ring (bicyclic) bond motifs is 1. The molecule has 21 heavy (non-hydrogen) atoms. The molecule has 108 valence electrons. The number of hydrogen-bond acceptors (Lipinski definition) is 4. The molecule has 0 unspecified atom stereocenters. The van der Waals surface area contributed by atoms with Crippen molar-refractivity contribution < 1.29 is 14.3 Å². The summed E-state index contributed by atoms with van der Waals surface area (Å²) in [5.41, 5.74) is 2.39. The second kappa shape index (κ2) is 6.41. The molecule has 3 aromatic rings. The first-order valence-corrected chi connectivity index (χ1v) is 7.02. The van der Waals surface area contributed by atoms with Gasteiger partial charge in [0.1, 0.15) is 11.3 Å². The summed E-state index contributed by atoms with van der Waals surface area (Å²) in [5.74, 6) is 1.58. The van der Waals surface area contributed by atoms with Gasteiger partial charge in [0.15, 0.2) is 11.5 Å². The van der Waals surface area contributed by atoms with Crippen molar-refractivity contribution >= 4 is 11.1 Å². The van der Waals surface area contributed by atoms with Crippen molar-refractivity contribution in [3.8, 4) is 5.75 Å². The van der Waals surface area contributed by atoms with Crippen LogP contribution in [0.3, 0.4) is 0 Å². The van der Waals surface area contributed by atoms with Crippen LogP contribution in [0.15, 0.2) is 52.9 Å². The van der Waals surface area contributed by atoms with E-state index in [2.05, 4.69) is 4.98 Å². The van der Waals surface area contributed by atoms with Crippen LogP contribution in [-0.4, -0.2) is 16.7 Å². The van der Waals surface area contributed by atoms with Gasteiger partial charge in [0, 0.05) is 6.42 Å². The van der Waals surface area contributed by atoms with Crippen LogP contribution in [-0.2, 0) is 13.0 Å². The highest BCUT2D eigenvalue weighted by Gasteiger charge is 2.06. The predicted molar refractivity (Wildman–Crippen MR) is 80.2 cm³/mol. The molecule has 0 aliphatic heterocycles. The molecular weight excluding hydrogens is 266 g/mol. The zero-order valence-corrected chi connectivity index (χ0v) is 11.7. The Morgan fingerprint density at radius 2 is 1.95 bits per heavy atom. The van der Waals surface area contributed by atoms with E-state index in [-0.39, 0.29) is 6.61 Å². The molecule has 0 amide bonds. The van der Waals surface area contributed by atoms with Gasteiger partial charge in [-0.25, -0.2) is 4.98 Å². The van der Waals surface area contributed by atoms with Crippen LogP contribution in [0.25, 0.3) is 11.1 Å². The van der Waals surface area contributed by atoms with E-state index in [9.17, 15) is 0 Å². The third kappa shape index (κ3) is 3.41. The standard InChI is InChI=1S/C17H17NO3/c19-12-13-8-9-16-15(11-13)18-17(21-16)7-4-10-20-14-5-2-1-3-6-14/h1-3,5-6,8-9,11,19H,4,7,10,12H2.